The molecule has 1 fully saturated rings. The molecule has 0 aromatic carbocycles. The Morgan fingerprint density at radius 2 is 1.79 bits per heavy atom. The van der Waals surface area contributed by atoms with Gasteiger partial charge >= 0.3 is 0 Å². The molecular weight excluding hydrogens is 284 g/mol. The molecule has 0 heterocycles. The minimum atomic E-state index is -3.48. The van der Waals surface area contributed by atoms with Crippen LogP contribution < -0.4 is 0 Å². The van der Waals surface area contributed by atoms with E-state index in [1.807, 2.05) is 13.8 Å². The summed E-state index contributed by atoms with van der Waals surface area (Å²) < 4.78 is 28.8. The Balaban J connectivity index is 2.62. The highest BCUT2D eigenvalue weighted by Crippen LogP contribution is 2.33. The fraction of sp³-hybridized carbons (Fsp3) is 1.00. The van der Waals surface area contributed by atoms with E-state index in [9.17, 15) is 8.42 Å². The second-order valence-corrected chi connectivity index (χ2v) is 8.78. The van der Waals surface area contributed by atoms with Crippen molar-refractivity contribution in [3.05, 3.63) is 0 Å². The number of hydrogen-bond acceptors (Lipinski definition) is 3. The van der Waals surface area contributed by atoms with Gasteiger partial charge in [-0.2, -0.15) is 0 Å². The Kier molecular flexibility index (Phi) is 6.61. The summed E-state index contributed by atoms with van der Waals surface area (Å²) in [5.74, 6) is 0.586. The van der Waals surface area contributed by atoms with Crippen LogP contribution >= 0.6 is 10.7 Å². The molecule has 0 aromatic heterocycles. The molecule has 0 amide bonds. The maximum Gasteiger partial charge on any atom is 0.233 e. The molecule has 114 valence electrons. The van der Waals surface area contributed by atoms with E-state index < -0.39 is 9.05 Å². The van der Waals surface area contributed by atoms with E-state index in [2.05, 4.69) is 6.92 Å². The molecule has 1 aliphatic carbocycles. The first kappa shape index (κ1) is 17.3. The molecule has 0 radical (unpaired) electrons. The molecular formula is C14H27ClO3S. The molecule has 0 N–H and O–H groups in total. The van der Waals surface area contributed by atoms with E-state index in [0.717, 1.165) is 19.3 Å². The van der Waals surface area contributed by atoms with Crippen LogP contribution in [0.1, 0.15) is 59.3 Å². The van der Waals surface area contributed by atoms with Crippen LogP contribution in [0.25, 0.3) is 0 Å². The lowest BCUT2D eigenvalue weighted by molar-refractivity contribution is -0.0457. The van der Waals surface area contributed by atoms with Gasteiger partial charge in [-0.25, -0.2) is 8.42 Å². The molecule has 19 heavy (non-hydrogen) atoms. The summed E-state index contributed by atoms with van der Waals surface area (Å²) in [7, 11) is 1.96. The predicted molar refractivity (Wildman–Crippen MR) is 80.0 cm³/mol. The molecule has 0 aliphatic heterocycles. The van der Waals surface area contributed by atoms with Crippen LogP contribution in [-0.4, -0.2) is 26.9 Å². The van der Waals surface area contributed by atoms with E-state index in [4.69, 9.17) is 15.4 Å². The Labute approximate surface area is 122 Å². The first-order valence-electron chi connectivity index (χ1n) is 7.36. The Hall–Kier alpha value is 0.200. The fourth-order valence-electron chi connectivity index (χ4n) is 2.88. The third-order valence-electron chi connectivity index (χ3n) is 4.61. The molecule has 1 saturated carbocycles. The van der Waals surface area contributed by atoms with Gasteiger partial charge in [-0.05, 0) is 31.6 Å². The van der Waals surface area contributed by atoms with E-state index in [1.54, 1.807) is 0 Å². The molecule has 2 unspecified atom stereocenters. The van der Waals surface area contributed by atoms with Gasteiger partial charge in [0.2, 0.25) is 9.05 Å². The van der Waals surface area contributed by atoms with Crippen molar-refractivity contribution in [2.75, 3.05) is 12.4 Å². The quantitative estimate of drug-likeness (QED) is 0.669. The normalized spacial score (nSPS) is 25.5. The van der Waals surface area contributed by atoms with Crippen molar-refractivity contribution in [2.45, 2.75) is 65.4 Å². The van der Waals surface area contributed by atoms with Crippen LogP contribution in [0.4, 0.5) is 0 Å². The van der Waals surface area contributed by atoms with Gasteiger partial charge in [0.05, 0.1) is 18.5 Å². The highest BCUT2D eigenvalue weighted by Gasteiger charge is 2.34. The maximum absolute atomic E-state index is 11.4. The van der Waals surface area contributed by atoms with E-state index in [-0.39, 0.29) is 17.3 Å². The Morgan fingerprint density at radius 3 is 2.26 bits per heavy atom. The average Bonchev–Trinajstić information content (AvgIpc) is 2.35. The zero-order chi connectivity index (χ0) is 14.5. The van der Waals surface area contributed by atoms with Crippen LogP contribution in [0.15, 0.2) is 0 Å². The van der Waals surface area contributed by atoms with Crippen molar-refractivity contribution in [1.29, 1.82) is 0 Å². The van der Waals surface area contributed by atoms with Gasteiger partial charge in [0.15, 0.2) is 0 Å². The molecule has 1 aliphatic rings. The summed E-state index contributed by atoms with van der Waals surface area (Å²) in [4.78, 5) is 0. The van der Waals surface area contributed by atoms with Crippen molar-refractivity contribution in [3.63, 3.8) is 0 Å². The second kappa shape index (κ2) is 7.28. The van der Waals surface area contributed by atoms with Gasteiger partial charge in [-0.3, -0.25) is 0 Å². The molecule has 5 heteroatoms. The monoisotopic (exact) mass is 310 g/mol. The fourth-order valence-corrected chi connectivity index (χ4v) is 4.80. The zero-order valence-electron chi connectivity index (χ0n) is 12.3. The summed E-state index contributed by atoms with van der Waals surface area (Å²) in [5, 5.41) is 0. The highest BCUT2D eigenvalue weighted by atomic mass is 35.7. The van der Waals surface area contributed by atoms with Crippen molar-refractivity contribution < 1.29 is 13.2 Å². The minimum absolute atomic E-state index is 0.00958. The van der Waals surface area contributed by atoms with Crippen molar-refractivity contribution in [2.24, 2.45) is 11.3 Å². The Bertz CT molecular complexity index is 363. The third kappa shape index (κ3) is 5.60. The largest absolute Gasteiger partial charge is 0.377 e. The number of hydrogen-bond donors (Lipinski definition) is 0. The first-order valence-corrected chi connectivity index (χ1v) is 9.83. The lowest BCUT2D eigenvalue weighted by atomic mass is 9.84. The van der Waals surface area contributed by atoms with Crippen molar-refractivity contribution in [1.82, 2.24) is 0 Å². The highest BCUT2D eigenvalue weighted by molar-refractivity contribution is 8.13. The summed E-state index contributed by atoms with van der Waals surface area (Å²) in [6, 6.07) is 0. The molecule has 1 rings (SSSR count). The van der Waals surface area contributed by atoms with Gasteiger partial charge in [0, 0.05) is 16.1 Å². The smallest absolute Gasteiger partial charge is 0.233 e. The zero-order valence-corrected chi connectivity index (χ0v) is 13.9. The Morgan fingerprint density at radius 1 is 1.21 bits per heavy atom. The van der Waals surface area contributed by atoms with Crippen LogP contribution in [-0.2, 0) is 13.8 Å². The van der Waals surface area contributed by atoms with Crippen LogP contribution in [0, 0.1) is 11.3 Å². The summed E-state index contributed by atoms with van der Waals surface area (Å²) in [6.07, 6.45) is 6.64. The molecule has 3 nitrogen and oxygen atoms in total. The summed E-state index contributed by atoms with van der Waals surface area (Å²) >= 11 is 0. The number of rotatable bonds is 7. The van der Waals surface area contributed by atoms with Gasteiger partial charge in [0.1, 0.15) is 0 Å². The number of ether oxygens (including phenoxy) is 1. The topological polar surface area (TPSA) is 43.4 Å². The van der Waals surface area contributed by atoms with Gasteiger partial charge in [0.25, 0.3) is 0 Å². The third-order valence-corrected chi connectivity index (χ3v) is 5.90. The lowest BCUT2D eigenvalue weighted by Gasteiger charge is -2.35. The van der Waals surface area contributed by atoms with Crippen molar-refractivity contribution >= 4 is 19.7 Å². The van der Waals surface area contributed by atoms with E-state index in [0.29, 0.717) is 12.5 Å². The molecule has 0 aromatic rings. The minimum Gasteiger partial charge on any atom is -0.377 e. The predicted octanol–water partition coefficient (Wildman–Crippen LogP) is 3.96. The van der Waals surface area contributed by atoms with Crippen LogP contribution in [0.2, 0.25) is 0 Å². The molecule has 2 atom stereocenters. The first-order chi connectivity index (χ1) is 8.82. The summed E-state index contributed by atoms with van der Waals surface area (Å²) in [5.41, 5.74) is -0.336. The standard InChI is InChI=1S/C14H27ClO3S/c1-4-14(5-2,11-19(15,16)17)10-18-13-9-7-6-8-12(13)3/h12-13H,4-11H2,1-3H3. The average molecular weight is 311 g/mol. The van der Waals surface area contributed by atoms with Gasteiger partial charge in [-0.15, -0.1) is 0 Å². The molecule has 0 spiro atoms. The second-order valence-electron chi connectivity index (χ2n) is 6.00. The van der Waals surface area contributed by atoms with E-state index >= 15 is 0 Å². The maximum atomic E-state index is 11.4. The SMILES string of the molecule is CCC(CC)(COC1CCCCC1C)CS(=O)(=O)Cl. The van der Waals surface area contributed by atoms with Crippen LogP contribution in [0.5, 0.6) is 0 Å². The van der Waals surface area contributed by atoms with E-state index in [1.165, 1.54) is 19.3 Å². The van der Waals surface area contributed by atoms with Gasteiger partial charge in [-0.1, -0.05) is 33.6 Å². The molecule has 0 saturated heterocycles. The summed E-state index contributed by atoms with van der Waals surface area (Å²) in [6.45, 7) is 6.75. The lowest BCUT2D eigenvalue weighted by Crippen LogP contribution is -2.36. The van der Waals surface area contributed by atoms with Crippen LogP contribution in [0.3, 0.4) is 0 Å². The van der Waals surface area contributed by atoms with Gasteiger partial charge < -0.3 is 4.74 Å². The molecule has 0 bridgehead atoms. The van der Waals surface area contributed by atoms with Crippen molar-refractivity contribution in [3.8, 4) is 0 Å². The number of halogens is 1.